The van der Waals surface area contributed by atoms with E-state index in [0.29, 0.717) is 18.5 Å². The molecular weight excluding hydrogens is 326 g/mol. The van der Waals surface area contributed by atoms with Gasteiger partial charge in [-0.3, -0.25) is 0 Å². The van der Waals surface area contributed by atoms with E-state index in [9.17, 15) is 4.79 Å². The maximum absolute atomic E-state index is 12.1. The van der Waals surface area contributed by atoms with Gasteiger partial charge < -0.3 is 20.7 Å². The summed E-state index contributed by atoms with van der Waals surface area (Å²) >= 11 is 0. The molecule has 1 saturated heterocycles. The lowest BCUT2D eigenvalue weighted by atomic mass is 9.87. The largest absolute Gasteiger partial charge is 0.497 e. The fourth-order valence-electron chi connectivity index (χ4n) is 3.48. The first-order chi connectivity index (χ1) is 12.7. The van der Waals surface area contributed by atoms with Crippen molar-refractivity contribution in [1.29, 1.82) is 0 Å². The number of anilines is 1. The lowest BCUT2D eigenvalue weighted by Crippen LogP contribution is -2.47. The number of hydrogen-bond acceptors (Lipinski definition) is 3. The van der Waals surface area contributed by atoms with E-state index in [4.69, 9.17) is 4.74 Å². The molecule has 1 heterocycles. The number of rotatable bonds is 6. The fourth-order valence-corrected chi connectivity index (χ4v) is 3.48. The molecule has 0 radical (unpaired) electrons. The van der Waals surface area contributed by atoms with Gasteiger partial charge in [0.1, 0.15) is 5.75 Å². The summed E-state index contributed by atoms with van der Waals surface area (Å²) in [5, 5.41) is 9.33. The summed E-state index contributed by atoms with van der Waals surface area (Å²) in [6, 6.07) is 18.1. The average molecular weight is 353 g/mol. The Hall–Kier alpha value is -2.53. The highest BCUT2D eigenvalue weighted by Crippen LogP contribution is 2.21. The number of hydrogen-bond donors (Lipinski definition) is 3. The number of ether oxygens (including phenoxy) is 1. The lowest BCUT2D eigenvalue weighted by Gasteiger charge is -2.30. The summed E-state index contributed by atoms with van der Waals surface area (Å²) in [6.07, 6.45) is 3.37. The van der Waals surface area contributed by atoms with Crippen LogP contribution < -0.4 is 20.7 Å². The first kappa shape index (κ1) is 18.3. The zero-order valence-corrected chi connectivity index (χ0v) is 15.2. The first-order valence-corrected chi connectivity index (χ1v) is 9.19. The molecule has 2 aromatic carbocycles. The maximum atomic E-state index is 12.1. The van der Waals surface area contributed by atoms with Crippen molar-refractivity contribution in [2.24, 2.45) is 5.92 Å². The summed E-state index contributed by atoms with van der Waals surface area (Å²) in [7, 11) is 1.61. The topological polar surface area (TPSA) is 62.4 Å². The van der Waals surface area contributed by atoms with E-state index in [1.54, 1.807) is 13.2 Å². The van der Waals surface area contributed by atoms with E-state index < -0.39 is 0 Å². The number of amides is 2. The highest BCUT2D eigenvalue weighted by atomic mass is 16.5. The number of piperidine rings is 1. The molecule has 1 aliphatic heterocycles. The molecule has 0 saturated carbocycles. The van der Waals surface area contributed by atoms with Gasteiger partial charge in [-0.15, -0.1) is 0 Å². The van der Waals surface area contributed by atoms with Crippen LogP contribution in [0.15, 0.2) is 54.6 Å². The molecule has 3 N–H and O–H groups in total. The number of carbonyl (C=O) groups is 1. The molecule has 5 nitrogen and oxygen atoms in total. The molecule has 3 rings (SSSR count). The summed E-state index contributed by atoms with van der Waals surface area (Å²) < 4.78 is 5.17. The molecule has 138 valence electrons. The van der Waals surface area contributed by atoms with Crippen molar-refractivity contribution in [3.63, 3.8) is 0 Å². The normalized spacial score (nSPS) is 19.6. The third kappa shape index (κ3) is 5.49. The van der Waals surface area contributed by atoms with Crippen LogP contribution in [0.1, 0.15) is 18.4 Å². The molecule has 0 aliphatic carbocycles. The summed E-state index contributed by atoms with van der Waals surface area (Å²) in [4.78, 5) is 12.1. The number of methoxy groups -OCH3 is 1. The van der Waals surface area contributed by atoms with Crippen molar-refractivity contribution in [1.82, 2.24) is 10.6 Å². The van der Waals surface area contributed by atoms with E-state index in [-0.39, 0.29) is 6.03 Å². The molecule has 2 aromatic rings. The Labute approximate surface area is 155 Å². The van der Waals surface area contributed by atoms with Crippen LogP contribution >= 0.6 is 0 Å². The van der Waals surface area contributed by atoms with Gasteiger partial charge in [0.2, 0.25) is 0 Å². The van der Waals surface area contributed by atoms with Crippen molar-refractivity contribution in [2.75, 3.05) is 25.5 Å². The minimum atomic E-state index is -0.190. The number of carbonyl (C=O) groups excluding carboxylic acids is 1. The second-order valence-electron chi connectivity index (χ2n) is 6.80. The van der Waals surface area contributed by atoms with Gasteiger partial charge in [0.05, 0.1) is 7.11 Å². The Morgan fingerprint density at radius 2 is 2.04 bits per heavy atom. The molecule has 0 unspecified atom stereocenters. The standard InChI is InChI=1S/C21H27N3O2/c1-26-20-9-5-8-18(14-20)24-21(25)23-15-19-13-17(10-11-22-19)12-16-6-3-2-4-7-16/h2-9,14,17,19,22H,10-13,15H2,1H3,(H2,23,24,25)/t17-,19-/m0/s1. The van der Waals surface area contributed by atoms with Gasteiger partial charge in [-0.05, 0) is 49.4 Å². The molecule has 0 aromatic heterocycles. The summed E-state index contributed by atoms with van der Waals surface area (Å²) in [6.45, 7) is 1.63. The van der Waals surface area contributed by atoms with Gasteiger partial charge in [0, 0.05) is 24.3 Å². The van der Waals surface area contributed by atoms with Gasteiger partial charge in [-0.2, -0.15) is 0 Å². The van der Waals surface area contributed by atoms with Crippen LogP contribution in [-0.4, -0.2) is 32.3 Å². The van der Waals surface area contributed by atoms with E-state index in [0.717, 1.165) is 30.8 Å². The fraction of sp³-hybridized carbons (Fsp3) is 0.381. The smallest absolute Gasteiger partial charge is 0.319 e. The minimum absolute atomic E-state index is 0.190. The predicted molar refractivity (Wildman–Crippen MR) is 105 cm³/mol. The van der Waals surface area contributed by atoms with Crippen LogP contribution in [0, 0.1) is 5.92 Å². The van der Waals surface area contributed by atoms with Crippen molar-refractivity contribution < 1.29 is 9.53 Å². The average Bonchev–Trinajstić information content (AvgIpc) is 2.68. The van der Waals surface area contributed by atoms with Gasteiger partial charge in [0.15, 0.2) is 0 Å². The second kappa shape index (κ2) is 9.25. The highest BCUT2D eigenvalue weighted by molar-refractivity contribution is 5.89. The van der Waals surface area contributed by atoms with Crippen LogP contribution in [-0.2, 0) is 6.42 Å². The molecule has 2 atom stereocenters. The molecule has 2 amide bonds. The molecule has 0 bridgehead atoms. The Morgan fingerprint density at radius 3 is 2.85 bits per heavy atom. The quantitative estimate of drug-likeness (QED) is 0.746. The number of nitrogens with one attached hydrogen (secondary N) is 3. The van der Waals surface area contributed by atoms with Gasteiger partial charge in [-0.25, -0.2) is 4.79 Å². The van der Waals surface area contributed by atoms with Crippen LogP contribution in [0.3, 0.4) is 0 Å². The molecule has 1 aliphatic rings. The van der Waals surface area contributed by atoms with Gasteiger partial charge >= 0.3 is 6.03 Å². The maximum Gasteiger partial charge on any atom is 0.319 e. The van der Waals surface area contributed by atoms with Gasteiger partial charge in [-0.1, -0.05) is 36.4 Å². The van der Waals surface area contributed by atoms with Crippen molar-refractivity contribution >= 4 is 11.7 Å². The van der Waals surface area contributed by atoms with Crippen LogP contribution in [0.2, 0.25) is 0 Å². The molecule has 26 heavy (non-hydrogen) atoms. The van der Waals surface area contributed by atoms with Crippen LogP contribution in [0.4, 0.5) is 10.5 Å². The summed E-state index contributed by atoms with van der Waals surface area (Å²) in [5.41, 5.74) is 2.11. The Morgan fingerprint density at radius 1 is 1.19 bits per heavy atom. The zero-order valence-electron chi connectivity index (χ0n) is 15.2. The van der Waals surface area contributed by atoms with E-state index in [1.807, 2.05) is 18.2 Å². The van der Waals surface area contributed by atoms with Crippen LogP contribution in [0.5, 0.6) is 5.75 Å². The number of urea groups is 1. The first-order valence-electron chi connectivity index (χ1n) is 9.19. The highest BCUT2D eigenvalue weighted by Gasteiger charge is 2.22. The summed E-state index contributed by atoms with van der Waals surface area (Å²) in [5.74, 6) is 1.38. The van der Waals surface area contributed by atoms with E-state index in [1.165, 1.54) is 12.0 Å². The van der Waals surface area contributed by atoms with Crippen molar-refractivity contribution in [2.45, 2.75) is 25.3 Å². The van der Waals surface area contributed by atoms with Crippen molar-refractivity contribution in [3.05, 3.63) is 60.2 Å². The van der Waals surface area contributed by atoms with Crippen molar-refractivity contribution in [3.8, 4) is 5.75 Å². The molecule has 1 fully saturated rings. The monoisotopic (exact) mass is 353 g/mol. The minimum Gasteiger partial charge on any atom is -0.497 e. The van der Waals surface area contributed by atoms with Gasteiger partial charge in [0.25, 0.3) is 0 Å². The van der Waals surface area contributed by atoms with Crippen LogP contribution in [0.25, 0.3) is 0 Å². The SMILES string of the molecule is COc1cccc(NC(=O)NC[C@@H]2C[C@H](Cc3ccccc3)CCN2)c1. The second-order valence-corrected chi connectivity index (χ2v) is 6.80. The van der Waals surface area contributed by atoms with E-state index in [2.05, 4.69) is 46.3 Å². The molecule has 5 heteroatoms. The molecular formula is C21H27N3O2. The third-order valence-electron chi connectivity index (χ3n) is 4.81. The Kier molecular flexibility index (Phi) is 6.50. The molecule has 0 spiro atoms. The predicted octanol–water partition coefficient (Wildman–Crippen LogP) is 3.43. The zero-order chi connectivity index (χ0) is 18.2. The number of benzene rings is 2. The Balaban J connectivity index is 1.44. The third-order valence-corrected chi connectivity index (χ3v) is 4.81. The van der Waals surface area contributed by atoms with E-state index >= 15 is 0 Å². The Bertz CT molecular complexity index is 705. The lowest BCUT2D eigenvalue weighted by molar-refractivity contribution is 0.246.